The Hall–Kier alpha value is -1.65. The topological polar surface area (TPSA) is 57.7 Å². The molecule has 5 heteroatoms. The first kappa shape index (κ1) is 14.0. The fourth-order valence-corrected chi connectivity index (χ4v) is 4.77. The SMILES string of the molecule is C[C@@H]1CCCN(C(=O)CN2C(=O)[C@@H]3[C@H](C2=O)[C@H]2C=C[C@H]3C2)C1. The van der Waals surface area contributed by atoms with Crippen molar-refractivity contribution in [3.8, 4) is 0 Å². The van der Waals surface area contributed by atoms with Crippen LogP contribution in [0.2, 0.25) is 0 Å². The number of imide groups is 1. The predicted octanol–water partition coefficient (Wildman–Crippen LogP) is 1.05. The second-order valence-corrected chi connectivity index (χ2v) is 7.35. The van der Waals surface area contributed by atoms with E-state index in [-0.39, 0.29) is 47.9 Å². The maximum atomic E-state index is 12.6. The zero-order valence-corrected chi connectivity index (χ0v) is 12.9. The van der Waals surface area contributed by atoms with E-state index in [1.165, 1.54) is 4.90 Å². The number of carbonyl (C=O) groups is 3. The molecule has 3 fully saturated rings. The molecule has 5 atom stereocenters. The predicted molar refractivity (Wildman–Crippen MR) is 79.4 cm³/mol. The summed E-state index contributed by atoms with van der Waals surface area (Å²) in [5.41, 5.74) is 0. The molecule has 4 aliphatic rings. The van der Waals surface area contributed by atoms with E-state index in [1.54, 1.807) is 0 Å². The van der Waals surface area contributed by atoms with E-state index < -0.39 is 0 Å². The van der Waals surface area contributed by atoms with E-state index >= 15 is 0 Å². The first-order valence-corrected chi connectivity index (χ1v) is 8.37. The zero-order chi connectivity index (χ0) is 15.4. The van der Waals surface area contributed by atoms with Crippen molar-refractivity contribution in [2.75, 3.05) is 19.6 Å². The standard InChI is InChI=1S/C17H22N2O3/c1-10-3-2-6-18(8-10)13(20)9-19-16(21)14-11-4-5-12(7-11)15(14)17(19)22/h4-5,10-12,14-15H,2-3,6-9H2,1H3/t10-,11+,12+,14-,15+/m1/s1. The lowest BCUT2D eigenvalue weighted by atomic mass is 9.85. The summed E-state index contributed by atoms with van der Waals surface area (Å²) in [7, 11) is 0. The number of allylic oxidation sites excluding steroid dienone is 2. The minimum atomic E-state index is -0.199. The molecule has 0 aromatic rings. The number of fused-ring (bicyclic) bond motifs is 5. The number of hydrogen-bond acceptors (Lipinski definition) is 3. The number of amides is 3. The molecule has 0 N–H and O–H groups in total. The summed E-state index contributed by atoms with van der Waals surface area (Å²) < 4.78 is 0. The molecular formula is C17H22N2O3. The second kappa shape index (κ2) is 4.93. The molecule has 2 saturated heterocycles. The van der Waals surface area contributed by atoms with Crippen molar-refractivity contribution in [3.05, 3.63) is 12.2 Å². The molecule has 1 saturated carbocycles. The molecule has 0 spiro atoms. The average Bonchev–Trinajstić information content (AvgIpc) is 3.17. The number of likely N-dealkylation sites (tertiary alicyclic amines) is 2. The molecular weight excluding hydrogens is 280 g/mol. The fraction of sp³-hybridized carbons (Fsp3) is 0.706. The van der Waals surface area contributed by atoms with Crippen LogP contribution in [0.1, 0.15) is 26.2 Å². The smallest absolute Gasteiger partial charge is 0.242 e. The highest BCUT2D eigenvalue weighted by molar-refractivity contribution is 6.08. The monoisotopic (exact) mass is 302 g/mol. The molecule has 22 heavy (non-hydrogen) atoms. The number of carbonyl (C=O) groups excluding carboxylic acids is 3. The lowest BCUT2D eigenvalue weighted by Gasteiger charge is -2.32. The van der Waals surface area contributed by atoms with Gasteiger partial charge in [0.15, 0.2) is 0 Å². The van der Waals surface area contributed by atoms with Gasteiger partial charge in [-0.15, -0.1) is 0 Å². The largest absolute Gasteiger partial charge is 0.341 e. The van der Waals surface area contributed by atoms with E-state index in [0.717, 1.165) is 32.4 Å². The maximum absolute atomic E-state index is 12.6. The van der Waals surface area contributed by atoms with E-state index in [1.807, 2.05) is 4.90 Å². The lowest BCUT2D eigenvalue weighted by Crippen LogP contribution is -2.46. The Morgan fingerprint density at radius 2 is 1.82 bits per heavy atom. The number of hydrogen-bond donors (Lipinski definition) is 0. The first-order valence-electron chi connectivity index (χ1n) is 8.37. The van der Waals surface area contributed by atoms with Crippen molar-refractivity contribution in [2.45, 2.75) is 26.2 Å². The summed E-state index contributed by atoms with van der Waals surface area (Å²) in [5.74, 6) is 0.209. The van der Waals surface area contributed by atoms with Gasteiger partial charge in [0.05, 0.1) is 11.8 Å². The van der Waals surface area contributed by atoms with Crippen LogP contribution in [0.4, 0.5) is 0 Å². The van der Waals surface area contributed by atoms with Crippen LogP contribution in [0, 0.1) is 29.6 Å². The van der Waals surface area contributed by atoms with Crippen LogP contribution in [-0.4, -0.2) is 47.2 Å². The van der Waals surface area contributed by atoms with Crippen LogP contribution < -0.4 is 0 Å². The van der Waals surface area contributed by atoms with Gasteiger partial charge < -0.3 is 4.90 Å². The molecule has 0 unspecified atom stereocenters. The molecule has 2 aliphatic heterocycles. The molecule has 118 valence electrons. The number of nitrogens with zero attached hydrogens (tertiary/aromatic N) is 2. The second-order valence-electron chi connectivity index (χ2n) is 7.35. The Labute approximate surface area is 130 Å². The van der Waals surface area contributed by atoms with Crippen molar-refractivity contribution >= 4 is 17.7 Å². The quantitative estimate of drug-likeness (QED) is 0.566. The van der Waals surface area contributed by atoms with Gasteiger partial charge in [-0.1, -0.05) is 19.1 Å². The van der Waals surface area contributed by atoms with Crippen LogP contribution in [0.25, 0.3) is 0 Å². The lowest BCUT2D eigenvalue weighted by molar-refractivity contribution is -0.147. The molecule has 3 amide bonds. The van der Waals surface area contributed by atoms with Crippen LogP contribution in [0.5, 0.6) is 0 Å². The Morgan fingerprint density at radius 3 is 2.41 bits per heavy atom. The van der Waals surface area contributed by atoms with Gasteiger partial charge in [-0.2, -0.15) is 0 Å². The molecule has 0 aromatic carbocycles. The Kier molecular flexibility index (Phi) is 3.13. The molecule has 5 nitrogen and oxygen atoms in total. The maximum Gasteiger partial charge on any atom is 0.242 e. The van der Waals surface area contributed by atoms with Crippen LogP contribution in [0.15, 0.2) is 12.2 Å². The van der Waals surface area contributed by atoms with Gasteiger partial charge in [0.1, 0.15) is 6.54 Å². The molecule has 4 rings (SSSR count). The average molecular weight is 302 g/mol. The fourth-order valence-electron chi connectivity index (χ4n) is 4.77. The summed E-state index contributed by atoms with van der Waals surface area (Å²) in [6, 6.07) is 0. The van der Waals surface area contributed by atoms with Crippen LogP contribution in [0.3, 0.4) is 0 Å². The Bertz CT molecular complexity index is 540. The van der Waals surface area contributed by atoms with Gasteiger partial charge in [0.25, 0.3) is 0 Å². The minimum absolute atomic E-state index is 0.0587. The first-order chi connectivity index (χ1) is 10.6. The van der Waals surface area contributed by atoms with Crippen molar-refractivity contribution in [3.63, 3.8) is 0 Å². The van der Waals surface area contributed by atoms with Crippen molar-refractivity contribution < 1.29 is 14.4 Å². The number of rotatable bonds is 2. The third kappa shape index (κ3) is 1.94. The van der Waals surface area contributed by atoms with Crippen molar-refractivity contribution in [1.82, 2.24) is 9.80 Å². The van der Waals surface area contributed by atoms with E-state index in [0.29, 0.717) is 5.92 Å². The third-order valence-electron chi connectivity index (χ3n) is 5.86. The van der Waals surface area contributed by atoms with Crippen molar-refractivity contribution in [2.24, 2.45) is 29.6 Å². The molecule has 2 heterocycles. The normalized spacial score (nSPS) is 39.8. The summed E-state index contributed by atoms with van der Waals surface area (Å²) in [4.78, 5) is 40.6. The third-order valence-corrected chi connectivity index (χ3v) is 5.86. The van der Waals surface area contributed by atoms with E-state index in [2.05, 4.69) is 19.1 Å². The summed E-state index contributed by atoms with van der Waals surface area (Å²) in [6.45, 7) is 3.57. The summed E-state index contributed by atoms with van der Waals surface area (Å²) >= 11 is 0. The Morgan fingerprint density at radius 1 is 1.18 bits per heavy atom. The summed E-state index contributed by atoms with van der Waals surface area (Å²) in [5, 5.41) is 0. The highest BCUT2D eigenvalue weighted by Gasteiger charge is 2.59. The summed E-state index contributed by atoms with van der Waals surface area (Å²) in [6.07, 6.45) is 7.24. The van der Waals surface area contributed by atoms with Crippen LogP contribution >= 0.6 is 0 Å². The number of piperidine rings is 1. The van der Waals surface area contributed by atoms with Gasteiger partial charge in [0.2, 0.25) is 17.7 Å². The molecule has 0 radical (unpaired) electrons. The van der Waals surface area contributed by atoms with Gasteiger partial charge >= 0.3 is 0 Å². The highest BCUT2D eigenvalue weighted by Crippen LogP contribution is 2.52. The zero-order valence-electron chi connectivity index (χ0n) is 12.9. The van der Waals surface area contributed by atoms with Gasteiger partial charge in [0, 0.05) is 13.1 Å². The van der Waals surface area contributed by atoms with E-state index in [9.17, 15) is 14.4 Å². The Balaban J connectivity index is 1.47. The van der Waals surface area contributed by atoms with E-state index in [4.69, 9.17) is 0 Å². The minimum Gasteiger partial charge on any atom is -0.341 e. The molecule has 2 bridgehead atoms. The van der Waals surface area contributed by atoms with Gasteiger partial charge in [-0.25, -0.2) is 0 Å². The van der Waals surface area contributed by atoms with Gasteiger partial charge in [-0.3, -0.25) is 19.3 Å². The highest BCUT2D eigenvalue weighted by atomic mass is 16.2. The van der Waals surface area contributed by atoms with Crippen LogP contribution in [-0.2, 0) is 14.4 Å². The van der Waals surface area contributed by atoms with Gasteiger partial charge in [-0.05, 0) is 37.0 Å². The van der Waals surface area contributed by atoms with Crippen molar-refractivity contribution in [1.29, 1.82) is 0 Å². The molecule has 2 aliphatic carbocycles. The molecule has 0 aromatic heterocycles.